The van der Waals surface area contributed by atoms with Gasteiger partial charge in [0.25, 0.3) is 0 Å². The molecule has 2 atom stereocenters. The van der Waals surface area contributed by atoms with E-state index >= 15 is 0 Å². The molecule has 0 aromatic heterocycles. The van der Waals surface area contributed by atoms with E-state index in [2.05, 4.69) is 24.1 Å². The molecule has 1 aliphatic rings. The standard InChI is InChI=1S/C14H28N2O2/c1-5-11(3)9-16(4)10-14(13(17)18,15-6-2)12-7-8-12/h11-12,15H,5-10H2,1-4H3,(H,17,18). The van der Waals surface area contributed by atoms with E-state index in [9.17, 15) is 9.90 Å². The lowest BCUT2D eigenvalue weighted by atomic mass is 9.92. The van der Waals surface area contributed by atoms with Gasteiger partial charge in [0.05, 0.1) is 0 Å². The number of hydrogen-bond donors (Lipinski definition) is 2. The highest BCUT2D eigenvalue weighted by atomic mass is 16.4. The first-order chi connectivity index (χ1) is 8.46. The second-order valence-electron chi connectivity index (χ2n) is 5.79. The fourth-order valence-electron chi connectivity index (χ4n) is 2.69. The Kier molecular flexibility index (Phi) is 5.60. The Morgan fingerprint density at radius 1 is 1.50 bits per heavy atom. The molecule has 0 saturated heterocycles. The van der Waals surface area contributed by atoms with Crippen LogP contribution in [0.5, 0.6) is 0 Å². The molecule has 1 saturated carbocycles. The molecule has 0 aromatic rings. The topological polar surface area (TPSA) is 52.6 Å². The van der Waals surface area contributed by atoms with E-state index in [1.54, 1.807) is 0 Å². The highest BCUT2D eigenvalue weighted by Gasteiger charge is 2.51. The average molecular weight is 256 g/mol. The van der Waals surface area contributed by atoms with Crippen molar-refractivity contribution < 1.29 is 9.90 Å². The number of likely N-dealkylation sites (N-methyl/N-ethyl adjacent to an activating group) is 2. The van der Waals surface area contributed by atoms with Crippen LogP contribution in [0.2, 0.25) is 0 Å². The Morgan fingerprint density at radius 2 is 2.11 bits per heavy atom. The highest BCUT2D eigenvalue weighted by Crippen LogP contribution is 2.40. The van der Waals surface area contributed by atoms with Crippen LogP contribution in [-0.2, 0) is 4.79 Å². The molecule has 0 amide bonds. The fourth-order valence-corrected chi connectivity index (χ4v) is 2.69. The Labute approximate surface area is 111 Å². The maximum Gasteiger partial charge on any atom is 0.325 e. The predicted molar refractivity (Wildman–Crippen MR) is 73.7 cm³/mol. The first kappa shape index (κ1) is 15.4. The Bertz CT molecular complexity index is 279. The fraction of sp³-hybridized carbons (Fsp3) is 0.929. The summed E-state index contributed by atoms with van der Waals surface area (Å²) >= 11 is 0. The van der Waals surface area contributed by atoms with Crippen molar-refractivity contribution in [1.29, 1.82) is 0 Å². The number of carboxylic acid groups (broad SMARTS) is 1. The highest BCUT2D eigenvalue weighted by molar-refractivity contribution is 5.80. The maximum absolute atomic E-state index is 11.7. The van der Waals surface area contributed by atoms with Crippen molar-refractivity contribution >= 4 is 5.97 Å². The molecule has 1 fully saturated rings. The Balaban J connectivity index is 2.68. The molecule has 4 nitrogen and oxygen atoms in total. The summed E-state index contributed by atoms with van der Waals surface area (Å²) in [4.78, 5) is 13.9. The molecule has 0 heterocycles. The molecule has 2 N–H and O–H groups in total. The van der Waals surface area contributed by atoms with Gasteiger partial charge in [0.2, 0.25) is 0 Å². The zero-order valence-electron chi connectivity index (χ0n) is 12.2. The number of nitrogens with zero attached hydrogens (tertiary/aromatic N) is 1. The lowest BCUT2D eigenvalue weighted by molar-refractivity contribution is -0.147. The van der Waals surface area contributed by atoms with Crippen LogP contribution in [-0.4, -0.2) is 48.2 Å². The third-order valence-corrected chi connectivity index (χ3v) is 3.99. The molecule has 4 heteroatoms. The van der Waals surface area contributed by atoms with Crippen molar-refractivity contribution in [2.45, 2.75) is 45.6 Å². The van der Waals surface area contributed by atoms with Gasteiger partial charge in [0, 0.05) is 13.1 Å². The van der Waals surface area contributed by atoms with E-state index in [1.807, 2.05) is 14.0 Å². The molecule has 0 radical (unpaired) electrons. The van der Waals surface area contributed by atoms with Gasteiger partial charge in [0.15, 0.2) is 0 Å². The second-order valence-corrected chi connectivity index (χ2v) is 5.79. The number of aliphatic carboxylic acids is 1. The van der Waals surface area contributed by atoms with Gasteiger partial charge in [-0.3, -0.25) is 4.79 Å². The molecule has 18 heavy (non-hydrogen) atoms. The van der Waals surface area contributed by atoms with Gasteiger partial charge in [-0.05, 0) is 38.3 Å². The van der Waals surface area contributed by atoms with Gasteiger partial charge in [-0.1, -0.05) is 27.2 Å². The first-order valence-corrected chi connectivity index (χ1v) is 7.13. The first-order valence-electron chi connectivity index (χ1n) is 7.13. The third-order valence-electron chi connectivity index (χ3n) is 3.99. The zero-order valence-corrected chi connectivity index (χ0v) is 12.2. The van der Waals surface area contributed by atoms with Gasteiger partial charge in [-0.2, -0.15) is 0 Å². The largest absolute Gasteiger partial charge is 0.480 e. The Morgan fingerprint density at radius 3 is 2.50 bits per heavy atom. The zero-order chi connectivity index (χ0) is 13.8. The van der Waals surface area contributed by atoms with Gasteiger partial charge in [-0.15, -0.1) is 0 Å². The minimum absolute atomic E-state index is 0.300. The molecule has 1 rings (SSSR count). The summed E-state index contributed by atoms with van der Waals surface area (Å²) in [5, 5.41) is 12.9. The smallest absolute Gasteiger partial charge is 0.325 e. The van der Waals surface area contributed by atoms with Crippen molar-refractivity contribution in [3.63, 3.8) is 0 Å². The minimum Gasteiger partial charge on any atom is -0.480 e. The van der Waals surface area contributed by atoms with E-state index in [4.69, 9.17) is 0 Å². The number of nitrogens with one attached hydrogen (secondary N) is 1. The molecule has 0 aromatic carbocycles. The average Bonchev–Trinajstić information content (AvgIpc) is 3.11. The molecule has 0 bridgehead atoms. The normalized spacial score (nSPS) is 20.7. The molecule has 106 valence electrons. The lowest BCUT2D eigenvalue weighted by Gasteiger charge is -2.35. The Hall–Kier alpha value is -0.610. The van der Waals surface area contributed by atoms with Gasteiger partial charge in [0.1, 0.15) is 5.54 Å². The lowest BCUT2D eigenvalue weighted by Crippen LogP contribution is -2.60. The van der Waals surface area contributed by atoms with E-state index in [0.717, 1.165) is 25.8 Å². The molecule has 0 spiro atoms. The quantitative estimate of drug-likeness (QED) is 0.660. The van der Waals surface area contributed by atoms with Crippen LogP contribution in [0.1, 0.15) is 40.0 Å². The van der Waals surface area contributed by atoms with E-state index in [1.165, 1.54) is 0 Å². The summed E-state index contributed by atoms with van der Waals surface area (Å²) < 4.78 is 0. The molecular weight excluding hydrogens is 228 g/mol. The van der Waals surface area contributed by atoms with Crippen LogP contribution in [0.15, 0.2) is 0 Å². The van der Waals surface area contributed by atoms with Crippen LogP contribution in [0.4, 0.5) is 0 Å². The maximum atomic E-state index is 11.7. The van der Waals surface area contributed by atoms with Gasteiger partial charge >= 0.3 is 5.97 Å². The van der Waals surface area contributed by atoms with Crippen molar-refractivity contribution in [2.75, 3.05) is 26.7 Å². The molecule has 2 unspecified atom stereocenters. The van der Waals surface area contributed by atoms with Crippen LogP contribution in [0, 0.1) is 11.8 Å². The van der Waals surface area contributed by atoms with E-state index in [-0.39, 0.29) is 0 Å². The van der Waals surface area contributed by atoms with Crippen molar-refractivity contribution in [1.82, 2.24) is 10.2 Å². The van der Waals surface area contributed by atoms with Crippen LogP contribution >= 0.6 is 0 Å². The van der Waals surface area contributed by atoms with E-state index in [0.29, 0.717) is 24.9 Å². The minimum atomic E-state index is -0.739. The monoisotopic (exact) mass is 256 g/mol. The number of hydrogen-bond acceptors (Lipinski definition) is 3. The molecule has 0 aliphatic heterocycles. The predicted octanol–water partition coefficient (Wildman–Crippen LogP) is 1.81. The SMILES string of the molecule is CCNC(CN(C)CC(C)CC)(C(=O)O)C1CC1. The van der Waals surface area contributed by atoms with Crippen LogP contribution in [0.25, 0.3) is 0 Å². The summed E-state index contributed by atoms with van der Waals surface area (Å²) in [5.74, 6) is 0.222. The van der Waals surface area contributed by atoms with E-state index < -0.39 is 11.5 Å². The molecule has 1 aliphatic carbocycles. The second kappa shape index (κ2) is 6.53. The van der Waals surface area contributed by atoms with Gasteiger partial charge < -0.3 is 15.3 Å². The van der Waals surface area contributed by atoms with Crippen molar-refractivity contribution in [3.8, 4) is 0 Å². The number of rotatable bonds is 9. The van der Waals surface area contributed by atoms with Gasteiger partial charge in [-0.25, -0.2) is 0 Å². The van der Waals surface area contributed by atoms with Crippen LogP contribution in [0.3, 0.4) is 0 Å². The summed E-state index contributed by atoms with van der Waals surface area (Å²) in [6.07, 6.45) is 3.21. The summed E-state index contributed by atoms with van der Waals surface area (Å²) in [5.41, 5.74) is -0.739. The van der Waals surface area contributed by atoms with Crippen molar-refractivity contribution in [2.24, 2.45) is 11.8 Å². The number of carboxylic acids is 1. The summed E-state index contributed by atoms with van der Waals surface area (Å²) in [6.45, 7) is 8.64. The van der Waals surface area contributed by atoms with Crippen LogP contribution < -0.4 is 5.32 Å². The summed E-state index contributed by atoms with van der Waals surface area (Å²) in [7, 11) is 2.03. The summed E-state index contributed by atoms with van der Waals surface area (Å²) in [6, 6.07) is 0. The van der Waals surface area contributed by atoms with Crippen molar-refractivity contribution in [3.05, 3.63) is 0 Å². The molecular formula is C14H28N2O2. The number of carbonyl (C=O) groups is 1. The third kappa shape index (κ3) is 3.69.